The number of halogens is 1. The summed E-state index contributed by atoms with van der Waals surface area (Å²) in [5, 5.41) is 3.23. The second-order valence-electron chi connectivity index (χ2n) is 7.82. The maximum atomic E-state index is 12.8. The quantitative estimate of drug-likeness (QED) is 0.681. The predicted molar refractivity (Wildman–Crippen MR) is 125 cm³/mol. The number of carbonyl (C=O) groups excluding carboxylic acids is 1. The van der Waals surface area contributed by atoms with Crippen molar-refractivity contribution in [1.29, 1.82) is 0 Å². The molecule has 1 aliphatic heterocycles. The predicted octanol–water partition coefficient (Wildman–Crippen LogP) is 3.05. The van der Waals surface area contributed by atoms with Crippen molar-refractivity contribution in [3.8, 4) is 0 Å². The molecule has 1 heterocycles. The van der Waals surface area contributed by atoms with Crippen LogP contribution in [0.3, 0.4) is 0 Å². The molecule has 1 amide bonds. The fraction of sp³-hybridized carbons (Fsp3) is 0.409. The largest absolute Gasteiger partial charge is 0.369 e. The van der Waals surface area contributed by atoms with Gasteiger partial charge in [0.1, 0.15) is 0 Å². The summed E-state index contributed by atoms with van der Waals surface area (Å²) >= 11 is 6.06. The van der Waals surface area contributed by atoms with Crippen LogP contribution in [0.2, 0.25) is 5.02 Å². The summed E-state index contributed by atoms with van der Waals surface area (Å²) in [6.45, 7) is 5.76. The number of likely N-dealkylation sites (N-methyl/N-ethyl adjacent to an activating group) is 1. The third-order valence-corrected chi connectivity index (χ3v) is 7.99. The van der Waals surface area contributed by atoms with Crippen molar-refractivity contribution in [1.82, 2.24) is 9.21 Å². The van der Waals surface area contributed by atoms with Gasteiger partial charge in [-0.05, 0) is 55.9 Å². The van der Waals surface area contributed by atoms with Gasteiger partial charge in [0.2, 0.25) is 15.9 Å². The van der Waals surface area contributed by atoms with E-state index in [4.69, 9.17) is 11.6 Å². The first-order valence-electron chi connectivity index (χ1n) is 10.2. The third-order valence-electron chi connectivity index (χ3n) is 5.58. The summed E-state index contributed by atoms with van der Waals surface area (Å²) in [5.41, 5.74) is 2.33. The highest BCUT2D eigenvalue weighted by Gasteiger charge is 2.24. The van der Waals surface area contributed by atoms with Gasteiger partial charge >= 0.3 is 0 Å². The summed E-state index contributed by atoms with van der Waals surface area (Å²) in [7, 11) is -0.137. The van der Waals surface area contributed by atoms with Crippen LogP contribution in [0.15, 0.2) is 47.4 Å². The molecule has 1 N–H and O–H groups in total. The SMILES string of the molecule is Cc1c(Cl)cccc1S(=O)(=O)N(C)CCC(=O)Nc1ccc(N2CCN(C)CC2)cc1. The Morgan fingerprint density at radius 1 is 1.10 bits per heavy atom. The molecule has 0 saturated carbocycles. The summed E-state index contributed by atoms with van der Waals surface area (Å²) < 4.78 is 26.8. The molecule has 1 aliphatic rings. The van der Waals surface area contributed by atoms with Gasteiger partial charge in [-0.3, -0.25) is 4.79 Å². The van der Waals surface area contributed by atoms with Crippen LogP contribution in [0, 0.1) is 6.92 Å². The maximum Gasteiger partial charge on any atom is 0.243 e. The number of benzene rings is 2. The van der Waals surface area contributed by atoms with Gasteiger partial charge in [0, 0.05) is 62.6 Å². The van der Waals surface area contributed by atoms with Crippen LogP contribution in [-0.4, -0.2) is 70.3 Å². The Morgan fingerprint density at radius 3 is 2.39 bits per heavy atom. The molecule has 0 bridgehead atoms. The van der Waals surface area contributed by atoms with Crippen molar-refractivity contribution in [2.45, 2.75) is 18.2 Å². The van der Waals surface area contributed by atoms with Crippen molar-refractivity contribution in [2.75, 3.05) is 57.0 Å². The van der Waals surface area contributed by atoms with E-state index in [0.29, 0.717) is 16.3 Å². The molecule has 0 aromatic heterocycles. The van der Waals surface area contributed by atoms with Crippen molar-refractivity contribution in [2.24, 2.45) is 0 Å². The van der Waals surface area contributed by atoms with Crippen molar-refractivity contribution in [3.05, 3.63) is 53.1 Å². The number of carbonyl (C=O) groups is 1. The first kappa shape index (κ1) is 23.5. The first-order valence-corrected chi connectivity index (χ1v) is 12.0. The number of anilines is 2. The number of hydrogen-bond donors (Lipinski definition) is 1. The van der Waals surface area contributed by atoms with Crippen LogP contribution in [0.5, 0.6) is 0 Å². The molecule has 0 unspecified atom stereocenters. The molecular weight excluding hydrogens is 436 g/mol. The lowest BCUT2D eigenvalue weighted by atomic mass is 10.2. The molecule has 3 rings (SSSR count). The minimum atomic E-state index is -3.72. The van der Waals surface area contributed by atoms with E-state index in [1.807, 2.05) is 24.3 Å². The normalized spacial score (nSPS) is 15.3. The Labute approximate surface area is 189 Å². The minimum absolute atomic E-state index is 0.0511. The Bertz CT molecular complexity index is 1020. The standard InChI is InChI=1S/C22H29ClN4O3S/c1-17-20(23)5-4-6-21(17)31(29,30)26(3)12-11-22(28)24-18-7-9-19(10-8-18)27-15-13-25(2)14-16-27/h4-10H,11-16H2,1-3H3,(H,24,28). The minimum Gasteiger partial charge on any atom is -0.369 e. The Kier molecular flexibility index (Phi) is 7.59. The van der Waals surface area contributed by atoms with E-state index in [1.54, 1.807) is 19.1 Å². The summed E-state index contributed by atoms with van der Waals surface area (Å²) in [6.07, 6.45) is 0.0511. The van der Waals surface area contributed by atoms with Crippen molar-refractivity contribution < 1.29 is 13.2 Å². The fourth-order valence-electron chi connectivity index (χ4n) is 3.46. The highest BCUT2D eigenvalue weighted by atomic mass is 35.5. The molecule has 0 aliphatic carbocycles. The molecule has 0 radical (unpaired) electrons. The van der Waals surface area contributed by atoms with E-state index >= 15 is 0 Å². The number of piperazine rings is 1. The van der Waals surface area contributed by atoms with Crippen molar-refractivity contribution >= 4 is 38.9 Å². The van der Waals surface area contributed by atoms with Gasteiger partial charge in [-0.15, -0.1) is 0 Å². The average Bonchev–Trinajstić information content (AvgIpc) is 2.75. The Balaban J connectivity index is 1.54. The summed E-state index contributed by atoms with van der Waals surface area (Å²) in [5.74, 6) is -0.239. The van der Waals surface area contributed by atoms with Crippen LogP contribution in [0.25, 0.3) is 0 Å². The molecule has 7 nitrogen and oxygen atoms in total. The van der Waals surface area contributed by atoms with Crippen LogP contribution in [0.1, 0.15) is 12.0 Å². The van der Waals surface area contributed by atoms with Gasteiger partial charge < -0.3 is 15.1 Å². The van der Waals surface area contributed by atoms with Crippen LogP contribution < -0.4 is 10.2 Å². The fourth-order valence-corrected chi connectivity index (χ4v) is 5.10. The molecule has 2 aromatic rings. The Morgan fingerprint density at radius 2 is 1.74 bits per heavy atom. The lowest BCUT2D eigenvalue weighted by Gasteiger charge is -2.34. The second kappa shape index (κ2) is 9.99. The van der Waals surface area contributed by atoms with Crippen LogP contribution >= 0.6 is 11.6 Å². The van der Waals surface area contributed by atoms with E-state index in [9.17, 15) is 13.2 Å². The van der Waals surface area contributed by atoms with Gasteiger partial charge in [0.25, 0.3) is 0 Å². The van der Waals surface area contributed by atoms with Gasteiger partial charge in [0.05, 0.1) is 4.90 Å². The van der Waals surface area contributed by atoms with Crippen LogP contribution in [-0.2, 0) is 14.8 Å². The maximum absolute atomic E-state index is 12.8. The number of amides is 1. The number of rotatable bonds is 7. The molecule has 2 aromatic carbocycles. The van der Waals surface area contributed by atoms with E-state index < -0.39 is 10.0 Å². The summed E-state index contributed by atoms with van der Waals surface area (Å²) in [4.78, 5) is 17.1. The van der Waals surface area contributed by atoms with Gasteiger partial charge in [-0.2, -0.15) is 0 Å². The molecule has 0 spiro atoms. The lowest BCUT2D eigenvalue weighted by Crippen LogP contribution is -2.44. The van der Waals surface area contributed by atoms with Crippen molar-refractivity contribution in [3.63, 3.8) is 0 Å². The first-order chi connectivity index (χ1) is 14.7. The summed E-state index contributed by atoms with van der Waals surface area (Å²) in [6, 6.07) is 12.5. The van der Waals surface area contributed by atoms with E-state index in [2.05, 4.69) is 22.2 Å². The molecule has 1 fully saturated rings. The zero-order valence-corrected chi connectivity index (χ0v) is 19.7. The van der Waals surface area contributed by atoms with Gasteiger partial charge in [0.15, 0.2) is 0 Å². The number of nitrogens with zero attached hydrogens (tertiary/aromatic N) is 3. The third kappa shape index (κ3) is 5.77. The highest BCUT2D eigenvalue weighted by molar-refractivity contribution is 7.89. The molecule has 31 heavy (non-hydrogen) atoms. The molecule has 9 heteroatoms. The molecule has 0 atom stereocenters. The lowest BCUT2D eigenvalue weighted by molar-refractivity contribution is -0.116. The van der Waals surface area contributed by atoms with Gasteiger partial charge in [-0.1, -0.05) is 17.7 Å². The average molecular weight is 465 g/mol. The number of sulfonamides is 1. The van der Waals surface area contributed by atoms with E-state index in [-0.39, 0.29) is 23.8 Å². The molecular formula is C22H29ClN4O3S. The van der Waals surface area contributed by atoms with Crippen LogP contribution in [0.4, 0.5) is 11.4 Å². The molecule has 1 saturated heterocycles. The Hall–Kier alpha value is -2.13. The zero-order valence-electron chi connectivity index (χ0n) is 18.1. The van der Waals surface area contributed by atoms with E-state index in [1.165, 1.54) is 17.4 Å². The zero-order chi connectivity index (χ0) is 22.6. The monoisotopic (exact) mass is 464 g/mol. The number of nitrogens with one attached hydrogen (secondary N) is 1. The smallest absolute Gasteiger partial charge is 0.243 e. The highest BCUT2D eigenvalue weighted by Crippen LogP contribution is 2.25. The topological polar surface area (TPSA) is 73.0 Å². The molecule has 168 valence electrons. The number of hydrogen-bond acceptors (Lipinski definition) is 5. The van der Waals surface area contributed by atoms with Gasteiger partial charge in [-0.25, -0.2) is 12.7 Å². The second-order valence-corrected chi connectivity index (χ2v) is 10.2. The van der Waals surface area contributed by atoms with E-state index in [0.717, 1.165) is 31.9 Å².